The second-order valence-electron chi connectivity index (χ2n) is 4.47. The first-order valence-corrected chi connectivity index (χ1v) is 6.39. The Labute approximate surface area is 107 Å². The lowest BCUT2D eigenvalue weighted by Crippen LogP contribution is -2.68. The zero-order valence-corrected chi connectivity index (χ0v) is 10.6. The summed E-state index contributed by atoms with van der Waals surface area (Å²) in [5, 5.41) is 2.86. The van der Waals surface area contributed by atoms with Crippen LogP contribution in [0.4, 0.5) is 0 Å². The first-order valence-electron chi connectivity index (χ1n) is 5.60. The van der Waals surface area contributed by atoms with Gasteiger partial charge in [0.1, 0.15) is 0 Å². The Kier molecular flexibility index (Phi) is 2.72. The zero-order valence-electron chi connectivity index (χ0n) is 9.06. The summed E-state index contributed by atoms with van der Waals surface area (Å²) in [5.74, 6) is 0.430. The number of ether oxygens (including phenoxy) is 1. The van der Waals surface area contributed by atoms with Crippen LogP contribution in [0.3, 0.4) is 0 Å². The number of nitrogens with two attached hydrogens (primary N) is 1. The molecule has 3 N–H and O–H groups in total. The van der Waals surface area contributed by atoms with E-state index in [1.54, 1.807) is 12.1 Å². The normalized spacial score (nSPS) is 35.2. The molecule has 17 heavy (non-hydrogen) atoms. The molecule has 0 radical (unpaired) electrons. The number of carbonyl (C=O) groups is 1. The fourth-order valence-corrected chi connectivity index (χ4v) is 2.89. The highest BCUT2D eigenvalue weighted by molar-refractivity contribution is 9.10. The molecule has 4 atom stereocenters. The molecule has 2 aliphatic rings. The van der Waals surface area contributed by atoms with Gasteiger partial charge in [-0.05, 0) is 34.5 Å². The minimum Gasteiger partial charge on any atom is -0.444 e. The third kappa shape index (κ3) is 1.80. The van der Waals surface area contributed by atoms with Crippen LogP contribution in [0, 0.1) is 5.92 Å². The molecule has 1 aromatic heterocycles. The predicted octanol–water partition coefficient (Wildman–Crippen LogP) is 0.887. The van der Waals surface area contributed by atoms with Gasteiger partial charge in [-0.3, -0.25) is 4.79 Å². The highest BCUT2D eigenvalue weighted by Crippen LogP contribution is 2.37. The average Bonchev–Trinajstić information content (AvgIpc) is 2.92. The molecule has 1 aliphatic carbocycles. The van der Waals surface area contributed by atoms with Crippen LogP contribution >= 0.6 is 15.9 Å². The summed E-state index contributed by atoms with van der Waals surface area (Å²) in [6, 6.07) is 3.20. The van der Waals surface area contributed by atoms with Gasteiger partial charge in [-0.1, -0.05) is 0 Å². The molecule has 1 saturated heterocycles. The molecule has 92 valence electrons. The van der Waals surface area contributed by atoms with Crippen molar-refractivity contribution in [2.45, 2.75) is 24.6 Å². The summed E-state index contributed by atoms with van der Waals surface area (Å²) in [5.41, 5.74) is 6.00. The average molecular weight is 301 g/mol. The molecule has 2 fully saturated rings. The smallest absolute Gasteiger partial charge is 0.287 e. The second kappa shape index (κ2) is 4.12. The highest BCUT2D eigenvalue weighted by atomic mass is 79.9. The first kappa shape index (κ1) is 11.3. The number of halogens is 1. The Morgan fingerprint density at radius 1 is 1.53 bits per heavy atom. The number of fused-ring (bicyclic) bond motifs is 1. The fourth-order valence-electron chi connectivity index (χ4n) is 2.59. The van der Waals surface area contributed by atoms with Crippen molar-refractivity contribution in [3.63, 3.8) is 0 Å². The largest absolute Gasteiger partial charge is 0.444 e. The lowest BCUT2D eigenvalue weighted by molar-refractivity contribution is -0.0164. The van der Waals surface area contributed by atoms with E-state index in [9.17, 15) is 4.79 Å². The maximum Gasteiger partial charge on any atom is 0.287 e. The summed E-state index contributed by atoms with van der Waals surface area (Å²) in [7, 11) is 0. The van der Waals surface area contributed by atoms with Crippen molar-refractivity contribution in [1.82, 2.24) is 5.32 Å². The van der Waals surface area contributed by atoms with Crippen LogP contribution in [0.25, 0.3) is 0 Å². The van der Waals surface area contributed by atoms with Crippen molar-refractivity contribution in [3.05, 3.63) is 22.6 Å². The van der Waals surface area contributed by atoms with Crippen molar-refractivity contribution >= 4 is 21.8 Å². The van der Waals surface area contributed by atoms with Gasteiger partial charge in [-0.15, -0.1) is 0 Å². The van der Waals surface area contributed by atoms with Gasteiger partial charge in [0.2, 0.25) is 0 Å². The maximum atomic E-state index is 11.9. The van der Waals surface area contributed by atoms with Gasteiger partial charge in [-0.2, -0.15) is 0 Å². The fraction of sp³-hybridized carbons (Fsp3) is 0.545. The molecular weight excluding hydrogens is 288 g/mol. The minimum absolute atomic E-state index is 0.00940. The van der Waals surface area contributed by atoms with Crippen molar-refractivity contribution in [2.75, 3.05) is 6.61 Å². The van der Waals surface area contributed by atoms with Crippen LogP contribution in [0.1, 0.15) is 17.0 Å². The van der Waals surface area contributed by atoms with Crippen molar-refractivity contribution in [1.29, 1.82) is 0 Å². The van der Waals surface area contributed by atoms with Gasteiger partial charge in [0.15, 0.2) is 10.4 Å². The van der Waals surface area contributed by atoms with Gasteiger partial charge in [-0.25, -0.2) is 0 Å². The van der Waals surface area contributed by atoms with E-state index in [0.717, 1.165) is 13.0 Å². The highest BCUT2D eigenvalue weighted by Gasteiger charge is 2.52. The topological polar surface area (TPSA) is 77.5 Å². The summed E-state index contributed by atoms with van der Waals surface area (Å²) in [6.45, 7) is 0.738. The Morgan fingerprint density at radius 2 is 2.35 bits per heavy atom. The van der Waals surface area contributed by atoms with Crippen LogP contribution in [0.2, 0.25) is 0 Å². The molecule has 1 aliphatic heterocycles. The zero-order chi connectivity index (χ0) is 12.0. The molecule has 0 bridgehead atoms. The lowest BCUT2D eigenvalue weighted by atomic mass is 9.72. The van der Waals surface area contributed by atoms with E-state index in [4.69, 9.17) is 14.9 Å². The standard InChI is InChI=1S/C11H13BrN2O3/c12-7-2-1-6(17-7)11(15)14-9-8(13)5-3-4-16-10(5)9/h1-2,5,8-10H,3-4,13H2,(H,14,15). The van der Waals surface area contributed by atoms with Gasteiger partial charge < -0.3 is 20.2 Å². The van der Waals surface area contributed by atoms with Crippen molar-refractivity contribution < 1.29 is 13.9 Å². The molecule has 0 aromatic carbocycles. The van der Waals surface area contributed by atoms with Crippen LogP contribution in [0.5, 0.6) is 0 Å². The van der Waals surface area contributed by atoms with Crippen LogP contribution in [-0.2, 0) is 4.74 Å². The van der Waals surface area contributed by atoms with Gasteiger partial charge in [0.25, 0.3) is 5.91 Å². The monoisotopic (exact) mass is 300 g/mol. The molecule has 4 unspecified atom stereocenters. The van der Waals surface area contributed by atoms with Crippen LogP contribution < -0.4 is 11.1 Å². The second-order valence-corrected chi connectivity index (χ2v) is 5.25. The number of furan rings is 1. The van der Waals surface area contributed by atoms with E-state index < -0.39 is 0 Å². The molecule has 1 aromatic rings. The SMILES string of the molecule is NC1C2CCOC2C1NC(=O)c1ccc(Br)o1. The Hall–Kier alpha value is -0.850. The third-order valence-electron chi connectivity index (χ3n) is 3.54. The Balaban J connectivity index is 1.66. The lowest BCUT2D eigenvalue weighted by Gasteiger charge is -2.45. The maximum absolute atomic E-state index is 11.9. The molecule has 5 nitrogen and oxygen atoms in total. The minimum atomic E-state index is -0.245. The van der Waals surface area contributed by atoms with E-state index in [1.165, 1.54) is 0 Å². The molecule has 1 saturated carbocycles. The molecule has 6 heteroatoms. The van der Waals surface area contributed by atoms with Gasteiger partial charge in [0, 0.05) is 18.6 Å². The predicted molar refractivity (Wildman–Crippen MR) is 63.5 cm³/mol. The number of nitrogens with one attached hydrogen (secondary N) is 1. The van der Waals surface area contributed by atoms with Crippen LogP contribution in [-0.4, -0.2) is 30.7 Å². The number of amides is 1. The van der Waals surface area contributed by atoms with Gasteiger partial charge in [0.05, 0.1) is 12.1 Å². The van der Waals surface area contributed by atoms with Crippen molar-refractivity contribution in [2.24, 2.45) is 11.7 Å². The Morgan fingerprint density at radius 3 is 3.06 bits per heavy atom. The molecule has 0 spiro atoms. The van der Waals surface area contributed by atoms with E-state index in [0.29, 0.717) is 10.6 Å². The molecule has 2 heterocycles. The number of hydrogen-bond acceptors (Lipinski definition) is 4. The summed E-state index contributed by atoms with van der Waals surface area (Å²) < 4.78 is 11.3. The van der Waals surface area contributed by atoms with E-state index >= 15 is 0 Å². The third-order valence-corrected chi connectivity index (χ3v) is 3.97. The molecule has 1 amide bonds. The number of carbonyl (C=O) groups excluding carboxylic acids is 1. The Bertz CT molecular complexity index is 448. The number of hydrogen-bond donors (Lipinski definition) is 2. The number of rotatable bonds is 2. The molecular formula is C11H13BrN2O3. The van der Waals surface area contributed by atoms with E-state index in [-0.39, 0.29) is 29.9 Å². The first-order chi connectivity index (χ1) is 8.16. The summed E-state index contributed by atoms with van der Waals surface area (Å²) in [4.78, 5) is 11.9. The summed E-state index contributed by atoms with van der Waals surface area (Å²) in [6.07, 6.45) is 1.07. The van der Waals surface area contributed by atoms with Crippen LogP contribution in [0.15, 0.2) is 21.2 Å². The van der Waals surface area contributed by atoms with E-state index in [1.807, 2.05) is 0 Å². The summed E-state index contributed by atoms with van der Waals surface area (Å²) >= 11 is 3.16. The quantitative estimate of drug-likeness (QED) is 0.850. The van der Waals surface area contributed by atoms with Crippen molar-refractivity contribution in [3.8, 4) is 0 Å². The molecule has 3 rings (SSSR count). The van der Waals surface area contributed by atoms with Gasteiger partial charge >= 0.3 is 0 Å². The van der Waals surface area contributed by atoms with E-state index in [2.05, 4.69) is 21.2 Å².